The number of carbonyl (C=O) groups is 1. The highest BCUT2D eigenvalue weighted by Crippen LogP contribution is 2.29. The highest BCUT2D eigenvalue weighted by Gasteiger charge is 2.41. The molecule has 1 rings (SSSR count). The van der Waals surface area contributed by atoms with Crippen molar-refractivity contribution in [1.82, 2.24) is 0 Å². The van der Waals surface area contributed by atoms with Crippen LogP contribution >= 0.6 is 0 Å². The summed E-state index contributed by atoms with van der Waals surface area (Å²) in [6.07, 6.45) is 11.4. The minimum atomic E-state index is -3.27. The molecule has 2 atom stereocenters. The fourth-order valence-corrected chi connectivity index (χ4v) is 5.13. The number of primary amides is 1. The quantitative estimate of drug-likeness (QED) is 0.630. The third-order valence-corrected chi connectivity index (χ3v) is 6.46. The van der Waals surface area contributed by atoms with Crippen LogP contribution < -0.4 is 5.73 Å². The van der Waals surface area contributed by atoms with Crippen LogP contribution in [0.25, 0.3) is 0 Å². The first kappa shape index (κ1) is 17.5. The standard InChI is InChI=1S/C15H29NO3S/c1-2-3-4-5-6-7-8-9-10-13-11-14(15(16)17)20(18,19)12-13/h13-14H,2-12H2,1H3,(H2,16,17). The van der Waals surface area contributed by atoms with Gasteiger partial charge in [-0.1, -0.05) is 58.3 Å². The van der Waals surface area contributed by atoms with Crippen LogP contribution in [0.1, 0.15) is 71.1 Å². The Morgan fingerprint density at radius 3 is 2.10 bits per heavy atom. The van der Waals surface area contributed by atoms with Gasteiger partial charge in [0.2, 0.25) is 5.91 Å². The van der Waals surface area contributed by atoms with E-state index in [4.69, 9.17) is 5.73 Å². The molecule has 5 heteroatoms. The van der Waals surface area contributed by atoms with Gasteiger partial charge in [0, 0.05) is 0 Å². The molecule has 0 spiro atoms. The molecule has 0 aromatic heterocycles. The molecule has 0 radical (unpaired) electrons. The Labute approximate surface area is 123 Å². The second kappa shape index (κ2) is 8.65. The molecule has 1 aliphatic heterocycles. The van der Waals surface area contributed by atoms with Gasteiger partial charge < -0.3 is 5.73 Å². The zero-order chi connectivity index (χ0) is 15.0. The van der Waals surface area contributed by atoms with E-state index in [0.717, 1.165) is 12.8 Å². The molecule has 4 nitrogen and oxygen atoms in total. The van der Waals surface area contributed by atoms with Crippen LogP contribution in [0, 0.1) is 5.92 Å². The van der Waals surface area contributed by atoms with E-state index in [1.807, 2.05) is 0 Å². The van der Waals surface area contributed by atoms with Crippen molar-refractivity contribution < 1.29 is 13.2 Å². The van der Waals surface area contributed by atoms with E-state index >= 15 is 0 Å². The molecule has 20 heavy (non-hydrogen) atoms. The van der Waals surface area contributed by atoms with Crippen molar-refractivity contribution in [3.63, 3.8) is 0 Å². The first-order valence-corrected chi connectivity index (χ1v) is 9.69. The summed E-state index contributed by atoms with van der Waals surface area (Å²) >= 11 is 0. The number of hydrogen-bond acceptors (Lipinski definition) is 3. The number of carbonyl (C=O) groups excluding carboxylic acids is 1. The third kappa shape index (κ3) is 5.81. The molecular formula is C15H29NO3S. The van der Waals surface area contributed by atoms with Crippen molar-refractivity contribution >= 4 is 15.7 Å². The molecule has 1 saturated heterocycles. The number of nitrogens with two attached hydrogens (primary N) is 1. The number of amides is 1. The SMILES string of the molecule is CCCCCCCCCCC1CC(C(N)=O)S(=O)(=O)C1. The van der Waals surface area contributed by atoms with Crippen molar-refractivity contribution in [2.75, 3.05) is 5.75 Å². The van der Waals surface area contributed by atoms with Gasteiger partial charge in [-0.05, 0) is 18.8 Å². The Morgan fingerprint density at radius 2 is 1.60 bits per heavy atom. The Balaban J connectivity index is 2.11. The maximum absolute atomic E-state index is 11.7. The summed E-state index contributed by atoms with van der Waals surface area (Å²) in [5.41, 5.74) is 5.15. The van der Waals surface area contributed by atoms with Gasteiger partial charge in [0.15, 0.2) is 9.84 Å². The molecule has 1 aliphatic rings. The monoisotopic (exact) mass is 303 g/mol. The number of hydrogen-bond donors (Lipinski definition) is 1. The third-order valence-electron chi connectivity index (χ3n) is 4.23. The molecule has 1 heterocycles. The van der Waals surface area contributed by atoms with Crippen LogP contribution in [-0.4, -0.2) is 25.3 Å². The minimum absolute atomic E-state index is 0.137. The van der Waals surface area contributed by atoms with E-state index in [1.54, 1.807) is 0 Å². The van der Waals surface area contributed by atoms with Gasteiger partial charge in [0.25, 0.3) is 0 Å². The Bertz CT molecular complexity index is 392. The highest BCUT2D eigenvalue weighted by atomic mass is 32.2. The summed E-state index contributed by atoms with van der Waals surface area (Å²) in [5.74, 6) is -0.391. The van der Waals surface area contributed by atoms with Crippen molar-refractivity contribution in [3.05, 3.63) is 0 Å². The first-order chi connectivity index (χ1) is 9.47. The highest BCUT2D eigenvalue weighted by molar-refractivity contribution is 7.93. The fraction of sp³-hybridized carbons (Fsp3) is 0.933. The van der Waals surface area contributed by atoms with E-state index in [-0.39, 0.29) is 11.7 Å². The van der Waals surface area contributed by atoms with Crippen LogP contribution in [-0.2, 0) is 14.6 Å². The summed E-state index contributed by atoms with van der Waals surface area (Å²) in [4.78, 5) is 11.1. The zero-order valence-electron chi connectivity index (χ0n) is 12.6. The predicted octanol–water partition coefficient (Wildman–Crippen LogP) is 2.81. The maximum Gasteiger partial charge on any atom is 0.235 e. The summed E-state index contributed by atoms with van der Waals surface area (Å²) < 4.78 is 23.5. The van der Waals surface area contributed by atoms with Crippen LogP contribution in [0.4, 0.5) is 0 Å². The summed E-state index contributed by atoms with van der Waals surface area (Å²) in [7, 11) is -3.27. The molecular weight excluding hydrogens is 274 g/mol. The van der Waals surface area contributed by atoms with E-state index in [9.17, 15) is 13.2 Å². The average Bonchev–Trinajstić information content (AvgIpc) is 2.68. The lowest BCUT2D eigenvalue weighted by atomic mass is 9.97. The molecule has 2 unspecified atom stereocenters. The van der Waals surface area contributed by atoms with Crippen LogP contribution in [0.15, 0.2) is 0 Å². The van der Waals surface area contributed by atoms with Crippen molar-refractivity contribution in [2.45, 2.75) is 76.4 Å². The van der Waals surface area contributed by atoms with Gasteiger partial charge in [0.1, 0.15) is 5.25 Å². The van der Waals surface area contributed by atoms with Gasteiger partial charge in [-0.3, -0.25) is 4.79 Å². The molecule has 0 bridgehead atoms. The second-order valence-corrected chi connectivity index (χ2v) is 8.31. The average molecular weight is 303 g/mol. The Hall–Kier alpha value is -0.580. The number of rotatable bonds is 10. The lowest BCUT2D eigenvalue weighted by Gasteiger charge is -2.07. The van der Waals surface area contributed by atoms with Gasteiger partial charge in [-0.25, -0.2) is 8.42 Å². The smallest absolute Gasteiger partial charge is 0.235 e. The van der Waals surface area contributed by atoms with Gasteiger partial charge >= 0.3 is 0 Å². The molecule has 0 aromatic rings. The Kier molecular flexibility index (Phi) is 7.56. The van der Waals surface area contributed by atoms with Gasteiger partial charge in [0.05, 0.1) is 5.75 Å². The van der Waals surface area contributed by atoms with Crippen molar-refractivity contribution in [3.8, 4) is 0 Å². The van der Waals surface area contributed by atoms with E-state index in [1.165, 1.54) is 44.9 Å². The summed E-state index contributed by atoms with van der Waals surface area (Å²) in [6, 6.07) is 0. The summed E-state index contributed by atoms with van der Waals surface area (Å²) in [6.45, 7) is 2.22. The van der Waals surface area contributed by atoms with Gasteiger partial charge in [-0.15, -0.1) is 0 Å². The summed E-state index contributed by atoms with van der Waals surface area (Å²) in [5, 5.41) is -0.929. The molecule has 0 aromatic carbocycles. The van der Waals surface area contributed by atoms with Crippen LogP contribution in [0.5, 0.6) is 0 Å². The predicted molar refractivity (Wildman–Crippen MR) is 82.1 cm³/mol. The normalized spacial score (nSPS) is 24.9. The first-order valence-electron chi connectivity index (χ1n) is 7.98. The molecule has 1 amide bonds. The van der Waals surface area contributed by atoms with Crippen LogP contribution in [0.2, 0.25) is 0 Å². The van der Waals surface area contributed by atoms with Crippen LogP contribution in [0.3, 0.4) is 0 Å². The fourth-order valence-electron chi connectivity index (χ4n) is 3.02. The lowest BCUT2D eigenvalue weighted by Crippen LogP contribution is -2.32. The second-order valence-electron chi connectivity index (χ2n) is 6.09. The van der Waals surface area contributed by atoms with Crippen molar-refractivity contribution in [1.29, 1.82) is 0 Å². The minimum Gasteiger partial charge on any atom is -0.369 e. The molecule has 1 fully saturated rings. The molecule has 2 N–H and O–H groups in total. The Morgan fingerprint density at radius 1 is 1.05 bits per heavy atom. The number of sulfone groups is 1. The molecule has 118 valence electrons. The van der Waals surface area contributed by atoms with E-state index in [2.05, 4.69) is 6.92 Å². The largest absolute Gasteiger partial charge is 0.369 e. The topological polar surface area (TPSA) is 77.2 Å². The molecule has 0 saturated carbocycles. The van der Waals surface area contributed by atoms with Crippen molar-refractivity contribution in [2.24, 2.45) is 11.7 Å². The lowest BCUT2D eigenvalue weighted by molar-refractivity contribution is -0.117. The van der Waals surface area contributed by atoms with E-state index < -0.39 is 21.0 Å². The van der Waals surface area contributed by atoms with Gasteiger partial charge in [-0.2, -0.15) is 0 Å². The molecule has 0 aliphatic carbocycles. The zero-order valence-corrected chi connectivity index (χ0v) is 13.5. The maximum atomic E-state index is 11.7. The van der Waals surface area contributed by atoms with E-state index in [0.29, 0.717) is 6.42 Å². The number of unbranched alkanes of at least 4 members (excludes halogenated alkanes) is 7.